The minimum Gasteiger partial charge on any atom is -1.00 e. The largest absolute Gasteiger partial charge is 1.00 e. The number of benzene rings is 18. The van der Waals surface area contributed by atoms with Crippen molar-refractivity contribution in [2.75, 3.05) is 0 Å². The van der Waals surface area contributed by atoms with E-state index in [9.17, 15) is 0 Å². The molecule has 0 bridgehead atoms. The number of hydrogen-bond donors (Lipinski definition) is 0. The zero-order valence-electron chi connectivity index (χ0n) is 75.7. The van der Waals surface area contributed by atoms with Crippen molar-refractivity contribution in [1.29, 1.82) is 0 Å². The fourth-order valence-corrected chi connectivity index (χ4v) is 21.6. The van der Waals surface area contributed by atoms with Crippen LogP contribution >= 0.6 is 15.9 Å². The Labute approximate surface area is 795 Å². The predicted molar refractivity (Wildman–Crippen MR) is 556 cm³/mol. The van der Waals surface area contributed by atoms with E-state index < -0.39 is 29.2 Å². The molecule has 12 nitrogen and oxygen atoms in total. The molecule has 1 saturated heterocycles. The maximum Gasteiger partial charge on any atom is 0.495 e. The van der Waals surface area contributed by atoms with Gasteiger partial charge in [-0.25, -0.2) is 9.97 Å². The molecule has 0 N–H and O–H groups in total. The summed E-state index contributed by atoms with van der Waals surface area (Å²) in [5, 5.41) is 8.87. The summed E-state index contributed by atoms with van der Waals surface area (Å²) in [5.74, 6) is 3.72. The van der Waals surface area contributed by atoms with E-state index in [1.807, 2.05) is 140 Å². The summed E-state index contributed by atoms with van der Waals surface area (Å²) >= 11 is 3.62. The van der Waals surface area contributed by atoms with E-state index in [1.165, 1.54) is 66.8 Å². The van der Waals surface area contributed by atoms with Gasteiger partial charge in [-0.2, -0.15) is 19.9 Å². The van der Waals surface area contributed by atoms with Gasteiger partial charge in [-0.15, -0.1) is 0 Å². The van der Waals surface area contributed by atoms with Crippen LogP contribution in [0.2, 0.25) is 0 Å². The summed E-state index contributed by atoms with van der Waals surface area (Å²) in [4.78, 5) is 29.9. The average Bonchev–Trinajstić information content (AvgIpc) is 1.53. The van der Waals surface area contributed by atoms with Gasteiger partial charge in [-0.05, 0) is 190 Å². The average molecular weight is 1820 g/mol. The van der Waals surface area contributed by atoms with Crippen LogP contribution in [0.15, 0.2) is 450 Å². The molecule has 7 heterocycles. The Kier molecular flexibility index (Phi) is 19.5. The Morgan fingerprint density at radius 2 is 0.588 bits per heavy atom. The van der Waals surface area contributed by atoms with Crippen LogP contribution in [0.3, 0.4) is 0 Å². The molecule has 0 atom stereocenters. The number of nitrogens with zero attached hydrogens (tertiary/aromatic N) is 8. The molecule has 0 radical (unpaired) electrons. The first kappa shape index (κ1) is 81.6. The first-order valence-corrected chi connectivity index (χ1v) is 46.9. The monoisotopic (exact) mass is 1820 g/mol. The summed E-state index contributed by atoms with van der Waals surface area (Å²) in [6.07, 6.45) is 0. The summed E-state index contributed by atoms with van der Waals surface area (Å²) in [5.41, 5.74) is 27.7. The van der Waals surface area contributed by atoms with E-state index >= 15 is 0 Å². The van der Waals surface area contributed by atoms with Gasteiger partial charge in [-0.3, -0.25) is 9.13 Å². The van der Waals surface area contributed by atoms with Gasteiger partial charge >= 0.3 is 7.12 Å². The number of halogens is 1. The number of hydrogen-bond acceptors (Lipinski definition) is 10. The van der Waals surface area contributed by atoms with Crippen molar-refractivity contribution in [2.24, 2.45) is 0 Å². The third-order valence-electron chi connectivity index (χ3n) is 28.1. The van der Waals surface area contributed by atoms with Crippen LogP contribution in [-0.2, 0) is 20.1 Å². The highest BCUT2D eigenvalue weighted by molar-refractivity contribution is 9.10. The van der Waals surface area contributed by atoms with Gasteiger partial charge in [0, 0.05) is 69.8 Å². The lowest BCUT2D eigenvalue weighted by atomic mass is 9.67. The lowest BCUT2D eigenvalue weighted by Crippen LogP contribution is -2.41. The van der Waals surface area contributed by atoms with Crippen LogP contribution in [0.25, 0.3) is 178 Å². The lowest BCUT2D eigenvalue weighted by Gasteiger charge is -2.33. The van der Waals surface area contributed by atoms with Gasteiger partial charge in [0.15, 0.2) is 23.3 Å². The smallest absolute Gasteiger partial charge is 0.495 e. The fourth-order valence-electron chi connectivity index (χ4n) is 21.3. The van der Waals surface area contributed by atoms with Crippen LogP contribution in [0.4, 0.5) is 0 Å². The van der Waals surface area contributed by atoms with Crippen molar-refractivity contribution in [1.82, 2.24) is 39.0 Å². The predicted octanol–water partition coefficient (Wildman–Crippen LogP) is 29.7. The highest BCUT2D eigenvalue weighted by Gasteiger charge is 2.53. The quantitative estimate of drug-likeness (QED) is 0.109. The molecule has 1 fully saturated rings. The first-order chi connectivity index (χ1) is 66.8. The van der Waals surface area contributed by atoms with E-state index in [2.05, 4.69) is 350 Å². The third-order valence-corrected chi connectivity index (χ3v) is 28.6. The minimum atomic E-state index is -0.508. The fraction of sp³-hybridized carbons (Fsp3) is 0.0656. The molecule has 0 saturated carbocycles. The Morgan fingerprint density at radius 3 is 1.01 bits per heavy atom. The molecule has 0 amide bonds. The molecule has 27 rings (SSSR count). The Balaban J connectivity index is 0.000000119. The van der Waals surface area contributed by atoms with Gasteiger partial charge in [0.25, 0.3) is 0 Å². The molecule has 0 unspecified atom stereocenters. The van der Waals surface area contributed by atoms with Crippen molar-refractivity contribution in [3.05, 3.63) is 486 Å². The zero-order chi connectivity index (χ0) is 91.0. The molecule has 14 heteroatoms. The Morgan fingerprint density at radius 1 is 0.250 bits per heavy atom. The standard InChI is InChI=1S/C58H36N4O.C37H31BO3.C27H17BrN4.H/c1-5-18-37(19-6-1)55-59-56(38-20-7-2-8-21-38)61-57(60-55)62-50-30-16-14-27-44(50)46-34-39(32-33-51(46)62)42-28-17-31-52-54(42)47-35-45-43-26-13-15-29-48(43)58(40-22-9-3-10-23-40,41-24-11-4-12-25-41)49(45)36-53(47)63-52;1-35(2)36(3,4)41-38(40-35)31-20-13-21-32-34(31)28-22-27-26-18-11-12-19-29(26)37(24-14-7-5-8-15-24,25-16-9-6-10-17-25)30(27)23-33(28)39-32;28-20-15-16-24-22(17-20)21-13-7-8-14-23(21)32(24)27-30-25(18-9-3-1-4-10-18)29-26(31-27)19-11-5-2-6-12-19;/h1-36H;5-23H,1-4H3;1-17H;/q;;;-1/i;;;1+1. The second-order valence-electron chi connectivity index (χ2n) is 36.2. The Bertz CT molecular complexity index is 8620. The number of fused-ring (bicyclic) bond motifs is 18. The van der Waals surface area contributed by atoms with Crippen LogP contribution in [0.1, 0.15) is 73.6 Å². The zero-order valence-corrected chi connectivity index (χ0v) is 76.3. The van der Waals surface area contributed by atoms with Crippen molar-refractivity contribution >= 4 is 116 Å². The number of aromatic nitrogens is 8. The van der Waals surface area contributed by atoms with Crippen LogP contribution in [-0.4, -0.2) is 57.4 Å². The van der Waals surface area contributed by atoms with Gasteiger partial charge < -0.3 is 19.6 Å². The van der Waals surface area contributed by atoms with Crippen LogP contribution in [0, 0.1) is 0 Å². The minimum absolute atomic E-state index is 0. The van der Waals surface area contributed by atoms with Crippen LogP contribution < -0.4 is 5.46 Å². The van der Waals surface area contributed by atoms with Gasteiger partial charge in [0.2, 0.25) is 11.9 Å². The molecule has 648 valence electrons. The molecule has 6 aromatic heterocycles. The molecule has 136 heavy (non-hydrogen) atoms. The number of rotatable bonds is 12. The summed E-state index contributed by atoms with van der Waals surface area (Å²) < 4.78 is 31.9. The molecule has 24 aromatic rings. The summed E-state index contributed by atoms with van der Waals surface area (Å²) in [7, 11) is -0.474. The van der Waals surface area contributed by atoms with Crippen molar-refractivity contribution < 1.29 is 19.6 Å². The first-order valence-electron chi connectivity index (χ1n) is 46.1. The van der Waals surface area contributed by atoms with E-state index in [0.717, 1.165) is 131 Å². The molecular formula is C122H85BBrN8O4-. The van der Waals surface area contributed by atoms with Crippen LogP contribution in [0.5, 0.6) is 0 Å². The van der Waals surface area contributed by atoms with Crippen molar-refractivity contribution in [2.45, 2.75) is 49.7 Å². The van der Waals surface area contributed by atoms with E-state index in [1.54, 1.807) is 0 Å². The van der Waals surface area contributed by atoms with E-state index in [0.29, 0.717) is 35.2 Å². The second-order valence-corrected chi connectivity index (χ2v) is 37.1. The Hall–Kier alpha value is -16.4. The van der Waals surface area contributed by atoms with Crippen molar-refractivity contribution in [3.8, 4) is 90.8 Å². The molecule has 2 aliphatic carbocycles. The third kappa shape index (κ3) is 13.2. The van der Waals surface area contributed by atoms with Gasteiger partial charge in [-0.1, -0.05) is 374 Å². The van der Waals surface area contributed by atoms with E-state index in [-0.39, 0.29) is 1.43 Å². The maximum absolute atomic E-state index is 6.89. The summed E-state index contributed by atoms with van der Waals surface area (Å²) in [6.45, 7) is 8.38. The second kappa shape index (κ2) is 32.5. The summed E-state index contributed by atoms with van der Waals surface area (Å²) in [6, 6.07) is 153. The number of para-hydroxylation sites is 2. The lowest BCUT2D eigenvalue weighted by molar-refractivity contribution is 0.00578. The molecule has 0 spiro atoms. The van der Waals surface area contributed by atoms with Gasteiger partial charge in [0.05, 0.1) is 44.1 Å². The molecule has 18 aromatic carbocycles. The SMILES string of the molecule is Brc1ccc2c(c1)c1ccccc1n2-c1nc(-c2ccccc2)nc(-c2ccccc2)n1.CC1(C)OB(c2cccc3oc4cc5c(cc4c23)-c2ccccc2C5(c2ccccc2)c2ccccc2)OC1(C)C.[2H-].c1ccc(-c2nc(-c3ccccc3)nc(-n3c4ccccc4c4cc(-c5cccc6oc7cc8c(cc7c56)-c5ccccc5C8(c5ccccc5)c5ccccc5)ccc43)n2)cc1. The topological polar surface area (TPSA) is 132 Å². The van der Waals surface area contributed by atoms with Crippen molar-refractivity contribution in [3.63, 3.8) is 0 Å². The molecular weight excluding hydrogens is 1730 g/mol. The normalized spacial score (nSPS) is 14.1. The van der Waals surface area contributed by atoms with Gasteiger partial charge in [0.1, 0.15) is 22.3 Å². The molecule has 3 aliphatic rings. The molecule has 1 aliphatic heterocycles. The maximum atomic E-state index is 6.89. The highest BCUT2D eigenvalue weighted by atomic mass is 79.9. The van der Waals surface area contributed by atoms with E-state index in [4.69, 9.17) is 48.0 Å². The number of furan rings is 2. The highest BCUT2D eigenvalue weighted by Crippen LogP contribution is 2.60.